The van der Waals surface area contributed by atoms with Gasteiger partial charge in [-0.25, -0.2) is 0 Å². The quantitative estimate of drug-likeness (QED) is 0.655. The van der Waals surface area contributed by atoms with Gasteiger partial charge in [0.25, 0.3) is 0 Å². The molecule has 3 aromatic rings. The van der Waals surface area contributed by atoms with Crippen molar-refractivity contribution in [1.82, 2.24) is 4.90 Å². The number of rotatable bonds is 3. The third kappa shape index (κ3) is 2.90. The predicted octanol–water partition coefficient (Wildman–Crippen LogP) is 4.62. The molecule has 2 atom stereocenters. The topological polar surface area (TPSA) is 40.6 Å². The molecule has 3 heterocycles. The summed E-state index contributed by atoms with van der Waals surface area (Å²) in [7, 11) is 0. The molecule has 0 saturated carbocycles. The lowest BCUT2D eigenvalue weighted by Gasteiger charge is -2.27. The molecule has 1 aromatic heterocycles. The zero-order valence-electron chi connectivity index (χ0n) is 15.6. The van der Waals surface area contributed by atoms with E-state index in [4.69, 9.17) is 0 Å². The molecule has 0 spiro atoms. The molecular formula is C23H22N2O2S. The molecule has 0 N–H and O–H groups in total. The van der Waals surface area contributed by atoms with Crippen LogP contribution in [0, 0.1) is 5.92 Å². The fourth-order valence-electron chi connectivity index (χ4n) is 4.59. The van der Waals surface area contributed by atoms with E-state index in [0.717, 1.165) is 35.8 Å². The Morgan fingerprint density at radius 3 is 2.75 bits per heavy atom. The van der Waals surface area contributed by atoms with E-state index < -0.39 is 0 Å². The lowest BCUT2D eigenvalue weighted by molar-refractivity contribution is -0.136. The fraction of sp³-hybridized carbons (Fsp3) is 0.304. The number of hydrogen-bond acceptors (Lipinski definition) is 3. The second-order valence-electron chi connectivity index (χ2n) is 7.61. The van der Waals surface area contributed by atoms with E-state index in [1.54, 1.807) is 16.2 Å². The van der Waals surface area contributed by atoms with Crippen LogP contribution in [0.2, 0.25) is 0 Å². The number of thiophene rings is 1. The number of carbonyl (C=O) groups is 2. The SMILES string of the molecule is O=C1C[C@@H](C(=O)N2CCC[C@H]2c2cccs2)CN1c1cccc2ccccc12. The predicted molar refractivity (Wildman–Crippen MR) is 112 cm³/mol. The highest BCUT2D eigenvalue weighted by atomic mass is 32.1. The Balaban J connectivity index is 1.40. The lowest BCUT2D eigenvalue weighted by Crippen LogP contribution is -2.36. The van der Waals surface area contributed by atoms with Gasteiger partial charge < -0.3 is 9.80 Å². The molecule has 2 aliphatic heterocycles. The first-order chi connectivity index (χ1) is 13.7. The van der Waals surface area contributed by atoms with E-state index >= 15 is 0 Å². The Morgan fingerprint density at radius 1 is 1.04 bits per heavy atom. The maximum atomic E-state index is 13.3. The minimum Gasteiger partial charge on any atom is -0.335 e. The van der Waals surface area contributed by atoms with Gasteiger partial charge in [-0.2, -0.15) is 0 Å². The first kappa shape index (κ1) is 17.4. The number of fused-ring (bicyclic) bond motifs is 1. The minimum atomic E-state index is -0.257. The highest BCUT2D eigenvalue weighted by molar-refractivity contribution is 7.10. The summed E-state index contributed by atoms with van der Waals surface area (Å²) < 4.78 is 0. The van der Waals surface area contributed by atoms with Gasteiger partial charge in [-0.15, -0.1) is 11.3 Å². The monoisotopic (exact) mass is 390 g/mol. The van der Waals surface area contributed by atoms with E-state index in [9.17, 15) is 9.59 Å². The molecule has 28 heavy (non-hydrogen) atoms. The molecule has 0 aliphatic carbocycles. The van der Waals surface area contributed by atoms with Gasteiger partial charge in [0.1, 0.15) is 0 Å². The summed E-state index contributed by atoms with van der Waals surface area (Å²) >= 11 is 1.71. The standard InChI is InChI=1S/C23H22N2O2S/c26-22-14-17(23(27)24-12-4-10-20(24)21-11-5-13-28-21)15-25(22)19-9-3-7-16-6-1-2-8-18(16)19/h1-3,5-9,11,13,17,20H,4,10,12,14-15H2/t17-,20+/m1/s1. The first-order valence-electron chi connectivity index (χ1n) is 9.84. The molecule has 2 fully saturated rings. The van der Waals surface area contributed by atoms with Gasteiger partial charge in [0, 0.05) is 29.8 Å². The van der Waals surface area contributed by atoms with Crippen molar-refractivity contribution in [1.29, 1.82) is 0 Å². The van der Waals surface area contributed by atoms with E-state index in [-0.39, 0.29) is 23.8 Å². The van der Waals surface area contributed by atoms with Gasteiger partial charge in [0.05, 0.1) is 17.6 Å². The zero-order valence-corrected chi connectivity index (χ0v) is 16.4. The number of hydrogen-bond donors (Lipinski definition) is 0. The van der Waals surface area contributed by atoms with Crippen molar-refractivity contribution in [3.05, 3.63) is 64.9 Å². The number of carbonyl (C=O) groups excluding carboxylic acids is 2. The van der Waals surface area contributed by atoms with Crippen molar-refractivity contribution in [2.45, 2.75) is 25.3 Å². The largest absolute Gasteiger partial charge is 0.335 e. The van der Waals surface area contributed by atoms with Crippen molar-refractivity contribution in [2.75, 3.05) is 18.0 Å². The van der Waals surface area contributed by atoms with Gasteiger partial charge in [-0.1, -0.05) is 42.5 Å². The second kappa shape index (κ2) is 7.06. The average molecular weight is 391 g/mol. The number of anilines is 1. The Labute approximate surface area is 168 Å². The molecular weight excluding hydrogens is 368 g/mol. The summed E-state index contributed by atoms with van der Waals surface area (Å²) in [5.41, 5.74) is 0.912. The van der Waals surface area contributed by atoms with Crippen LogP contribution >= 0.6 is 11.3 Å². The molecule has 0 radical (unpaired) electrons. The summed E-state index contributed by atoms with van der Waals surface area (Å²) in [5.74, 6) is -0.0828. The molecule has 0 unspecified atom stereocenters. The van der Waals surface area contributed by atoms with Crippen LogP contribution in [0.25, 0.3) is 10.8 Å². The van der Waals surface area contributed by atoms with Crippen LogP contribution < -0.4 is 4.90 Å². The van der Waals surface area contributed by atoms with E-state index in [1.807, 2.05) is 41.3 Å². The number of amides is 2. The van der Waals surface area contributed by atoms with Crippen LogP contribution in [0.5, 0.6) is 0 Å². The molecule has 4 nitrogen and oxygen atoms in total. The smallest absolute Gasteiger partial charge is 0.228 e. The Kier molecular flexibility index (Phi) is 4.40. The van der Waals surface area contributed by atoms with E-state index in [0.29, 0.717) is 13.0 Å². The van der Waals surface area contributed by atoms with Crippen LogP contribution in [0.1, 0.15) is 30.2 Å². The summed E-state index contributed by atoms with van der Waals surface area (Å²) in [6, 6.07) is 18.4. The Morgan fingerprint density at radius 2 is 1.89 bits per heavy atom. The molecule has 0 bridgehead atoms. The summed E-state index contributed by atoms with van der Waals surface area (Å²) in [6.45, 7) is 1.26. The molecule has 2 amide bonds. The third-order valence-corrected chi connectivity index (χ3v) is 6.91. The maximum absolute atomic E-state index is 13.3. The van der Waals surface area contributed by atoms with E-state index in [2.05, 4.69) is 23.6 Å². The lowest BCUT2D eigenvalue weighted by atomic mass is 10.1. The summed E-state index contributed by atoms with van der Waals surface area (Å²) in [6.07, 6.45) is 2.34. The molecule has 2 aromatic carbocycles. The van der Waals surface area contributed by atoms with Crippen molar-refractivity contribution >= 4 is 39.6 Å². The van der Waals surface area contributed by atoms with Gasteiger partial charge in [-0.3, -0.25) is 9.59 Å². The van der Waals surface area contributed by atoms with Gasteiger partial charge in [-0.05, 0) is 35.7 Å². The fourth-order valence-corrected chi connectivity index (χ4v) is 5.46. The highest BCUT2D eigenvalue weighted by Gasteiger charge is 2.41. The number of nitrogens with zero attached hydrogens (tertiary/aromatic N) is 2. The van der Waals surface area contributed by atoms with Crippen LogP contribution in [0.3, 0.4) is 0 Å². The zero-order chi connectivity index (χ0) is 19.1. The van der Waals surface area contributed by atoms with Crippen molar-refractivity contribution in [3.63, 3.8) is 0 Å². The summed E-state index contributed by atoms with van der Waals surface area (Å²) in [4.78, 5) is 31.2. The number of likely N-dealkylation sites (tertiary alicyclic amines) is 1. The van der Waals surface area contributed by atoms with Gasteiger partial charge in [0.15, 0.2) is 0 Å². The van der Waals surface area contributed by atoms with Crippen molar-refractivity contribution < 1.29 is 9.59 Å². The van der Waals surface area contributed by atoms with E-state index in [1.165, 1.54) is 4.88 Å². The maximum Gasteiger partial charge on any atom is 0.228 e. The van der Waals surface area contributed by atoms with Crippen molar-refractivity contribution in [3.8, 4) is 0 Å². The van der Waals surface area contributed by atoms with Crippen molar-refractivity contribution in [2.24, 2.45) is 5.92 Å². The Bertz CT molecular complexity index is 1020. The molecule has 2 saturated heterocycles. The molecule has 2 aliphatic rings. The van der Waals surface area contributed by atoms with Crippen LogP contribution in [0.4, 0.5) is 5.69 Å². The molecule has 5 rings (SSSR count). The normalized spacial score (nSPS) is 22.4. The van der Waals surface area contributed by atoms with Crippen LogP contribution in [0.15, 0.2) is 60.0 Å². The van der Waals surface area contributed by atoms with Crippen LogP contribution in [-0.2, 0) is 9.59 Å². The van der Waals surface area contributed by atoms with Gasteiger partial charge in [0.2, 0.25) is 11.8 Å². The second-order valence-corrected chi connectivity index (χ2v) is 8.59. The molecule has 5 heteroatoms. The number of benzene rings is 2. The summed E-state index contributed by atoms with van der Waals surface area (Å²) in [5, 5.41) is 4.24. The van der Waals surface area contributed by atoms with Crippen LogP contribution in [-0.4, -0.2) is 29.8 Å². The third-order valence-electron chi connectivity index (χ3n) is 5.94. The average Bonchev–Trinajstić information content (AvgIpc) is 3.47. The Hall–Kier alpha value is -2.66. The minimum absolute atomic E-state index is 0.0431. The van der Waals surface area contributed by atoms with Gasteiger partial charge >= 0.3 is 0 Å². The highest BCUT2D eigenvalue weighted by Crippen LogP contribution is 2.38. The molecule has 142 valence electrons. The first-order valence-corrected chi connectivity index (χ1v) is 10.7.